The standard InChI is InChI=1S/C16H17ClFN/c1-11(19)2-3-12-4-6-13(7-5-12)14-8-9-16(18)15(17)10-14/h4-11H,2-3,19H2,1H3. The minimum atomic E-state index is -0.390. The van der Waals surface area contributed by atoms with Crippen molar-refractivity contribution < 1.29 is 4.39 Å². The molecule has 19 heavy (non-hydrogen) atoms. The van der Waals surface area contributed by atoms with Gasteiger partial charge >= 0.3 is 0 Å². The number of aryl methyl sites for hydroxylation is 1. The van der Waals surface area contributed by atoms with E-state index in [2.05, 4.69) is 12.1 Å². The Morgan fingerprint density at radius 2 is 1.74 bits per heavy atom. The minimum Gasteiger partial charge on any atom is -0.328 e. The van der Waals surface area contributed by atoms with E-state index in [1.54, 1.807) is 12.1 Å². The molecule has 0 saturated heterocycles. The molecule has 0 aliphatic heterocycles. The molecule has 2 aromatic rings. The van der Waals surface area contributed by atoms with Gasteiger partial charge in [-0.25, -0.2) is 4.39 Å². The number of rotatable bonds is 4. The van der Waals surface area contributed by atoms with Crippen LogP contribution in [0, 0.1) is 5.82 Å². The Morgan fingerprint density at radius 1 is 1.11 bits per heavy atom. The Bertz CT molecular complexity index is 549. The maximum atomic E-state index is 13.1. The van der Waals surface area contributed by atoms with Crippen LogP contribution in [0.2, 0.25) is 5.02 Å². The second-order valence-electron chi connectivity index (χ2n) is 4.84. The van der Waals surface area contributed by atoms with Crippen molar-refractivity contribution in [2.24, 2.45) is 5.73 Å². The highest BCUT2D eigenvalue weighted by atomic mass is 35.5. The number of nitrogens with two attached hydrogens (primary N) is 1. The lowest BCUT2D eigenvalue weighted by Gasteiger charge is -2.07. The Morgan fingerprint density at radius 3 is 2.32 bits per heavy atom. The SMILES string of the molecule is CC(N)CCc1ccc(-c2ccc(F)c(Cl)c2)cc1. The molecule has 0 bridgehead atoms. The molecule has 0 saturated carbocycles. The van der Waals surface area contributed by atoms with E-state index in [1.807, 2.05) is 19.1 Å². The first kappa shape index (κ1) is 14.0. The van der Waals surface area contributed by atoms with Gasteiger partial charge in [0.15, 0.2) is 0 Å². The van der Waals surface area contributed by atoms with Gasteiger partial charge in [-0.2, -0.15) is 0 Å². The van der Waals surface area contributed by atoms with Gasteiger partial charge in [0, 0.05) is 6.04 Å². The van der Waals surface area contributed by atoms with Crippen LogP contribution in [0.15, 0.2) is 42.5 Å². The van der Waals surface area contributed by atoms with E-state index in [0.717, 1.165) is 24.0 Å². The second kappa shape index (κ2) is 6.18. The fraction of sp³-hybridized carbons (Fsp3) is 0.250. The van der Waals surface area contributed by atoms with Crippen LogP contribution in [-0.4, -0.2) is 6.04 Å². The highest BCUT2D eigenvalue weighted by Gasteiger charge is 2.03. The van der Waals surface area contributed by atoms with Crippen molar-refractivity contribution in [2.75, 3.05) is 0 Å². The summed E-state index contributed by atoms with van der Waals surface area (Å²) in [6.45, 7) is 2.01. The van der Waals surface area contributed by atoms with Crippen molar-refractivity contribution >= 4 is 11.6 Å². The van der Waals surface area contributed by atoms with Crippen molar-refractivity contribution in [2.45, 2.75) is 25.8 Å². The molecule has 1 unspecified atom stereocenters. The lowest BCUT2D eigenvalue weighted by molar-refractivity contribution is 0.628. The summed E-state index contributed by atoms with van der Waals surface area (Å²) >= 11 is 5.79. The van der Waals surface area contributed by atoms with Crippen LogP contribution in [0.25, 0.3) is 11.1 Å². The zero-order valence-electron chi connectivity index (χ0n) is 10.9. The van der Waals surface area contributed by atoms with Gasteiger partial charge in [0.2, 0.25) is 0 Å². The minimum absolute atomic E-state index is 0.151. The topological polar surface area (TPSA) is 26.0 Å². The van der Waals surface area contributed by atoms with Crippen molar-refractivity contribution in [1.82, 2.24) is 0 Å². The maximum absolute atomic E-state index is 13.1. The van der Waals surface area contributed by atoms with Crippen molar-refractivity contribution in [3.63, 3.8) is 0 Å². The molecule has 0 fully saturated rings. The molecule has 3 heteroatoms. The number of hydrogen-bond donors (Lipinski definition) is 1. The van der Waals surface area contributed by atoms with Crippen LogP contribution in [0.5, 0.6) is 0 Å². The predicted octanol–water partition coefficient (Wildman–Crippen LogP) is 4.43. The highest BCUT2D eigenvalue weighted by molar-refractivity contribution is 6.31. The molecule has 0 aromatic heterocycles. The van der Waals surface area contributed by atoms with Gasteiger partial charge < -0.3 is 5.73 Å². The van der Waals surface area contributed by atoms with Gasteiger partial charge in [0.05, 0.1) is 5.02 Å². The summed E-state index contributed by atoms with van der Waals surface area (Å²) in [5.41, 5.74) is 8.96. The van der Waals surface area contributed by atoms with E-state index < -0.39 is 0 Å². The molecular formula is C16H17ClFN. The van der Waals surface area contributed by atoms with E-state index in [0.29, 0.717) is 0 Å². The van der Waals surface area contributed by atoms with E-state index in [9.17, 15) is 4.39 Å². The van der Waals surface area contributed by atoms with Crippen molar-refractivity contribution in [3.8, 4) is 11.1 Å². The Labute approximate surface area is 118 Å². The lowest BCUT2D eigenvalue weighted by atomic mass is 10.0. The Hall–Kier alpha value is -1.38. The van der Waals surface area contributed by atoms with Crippen LogP contribution in [-0.2, 0) is 6.42 Å². The third kappa shape index (κ3) is 3.79. The molecule has 1 nitrogen and oxygen atoms in total. The van der Waals surface area contributed by atoms with E-state index >= 15 is 0 Å². The van der Waals surface area contributed by atoms with Gasteiger partial charge in [-0.1, -0.05) is 41.9 Å². The molecule has 0 aliphatic rings. The number of hydrogen-bond acceptors (Lipinski definition) is 1. The molecular weight excluding hydrogens is 261 g/mol. The second-order valence-corrected chi connectivity index (χ2v) is 5.25. The molecule has 0 aliphatic carbocycles. The molecule has 100 valence electrons. The summed E-state index contributed by atoms with van der Waals surface area (Å²) in [4.78, 5) is 0. The smallest absolute Gasteiger partial charge is 0.141 e. The average molecular weight is 278 g/mol. The Kier molecular flexibility index (Phi) is 4.56. The van der Waals surface area contributed by atoms with Crippen LogP contribution >= 0.6 is 11.6 Å². The molecule has 2 aromatic carbocycles. The van der Waals surface area contributed by atoms with E-state index in [-0.39, 0.29) is 16.9 Å². The van der Waals surface area contributed by atoms with Crippen LogP contribution in [0.4, 0.5) is 4.39 Å². The molecule has 0 radical (unpaired) electrons. The molecule has 1 atom stereocenters. The van der Waals surface area contributed by atoms with Gasteiger partial charge in [-0.05, 0) is 48.6 Å². The zero-order chi connectivity index (χ0) is 13.8. The molecule has 2 rings (SSSR count). The third-order valence-electron chi connectivity index (χ3n) is 3.10. The molecule has 0 heterocycles. The lowest BCUT2D eigenvalue weighted by Crippen LogP contribution is -2.15. The first-order valence-electron chi connectivity index (χ1n) is 6.36. The number of halogens is 2. The summed E-state index contributed by atoms with van der Waals surface area (Å²) in [7, 11) is 0. The zero-order valence-corrected chi connectivity index (χ0v) is 11.6. The summed E-state index contributed by atoms with van der Waals surface area (Å²) in [6.07, 6.45) is 1.95. The van der Waals surface area contributed by atoms with Gasteiger partial charge in [0.1, 0.15) is 5.82 Å². The first-order valence-corrected chi connectivity index (χ1v) is 6.74. The van der Waals surface area contributed by atoms with E-state index in [1.165, 1.54) is 11.6 Å². The number of benzene rings is 2. The van der Waals surface area contributed by atoms with Gasteiger partial charge in [-0.15, -0.1) is 0 Å². The van der Waals surface area contributed by atoms with Crippen LogP contribution in [0.1, 0.15) is 18.9 Å². The fourth-order valence-corrected chi connectivity index (χ4v) is 2.11. The highest BCUT2D eigenvalue weighted by Crippen LogP contribution is 2.25. The van der Waals surface area contributed by atoms with Crippen LogP contribution < -0.4 is 5.73 Å². The largest absolute Gasteiger partial charge is 0.328 e. The third-order valence-corrected chi connectivity index (χ3v) is 3.38. The van der Waals surface area contributed by atoms with Crippen molar-refractivity contribution in [1.29, 1.82) is 0 Å². The van der Waals surface area contributed by atoms with Crippen LogP contribution in [0.3, 0.4) is 0 Å². The quantitative estimate of drug-likeness (QED) is 0.879. The van der Waals surface area contributed by atoms with Crippen molar-refractivity contribution in [3.05, 3.63) is 58.9 Å². The first-order chi connectivity index (χ1) is 9.06. The van der Waals surface area contributed by atoms with E-state index in [4.69, 9.17) is 17.3 Å². The average Bonchev–Trinajstić information content (AvgIpc) is 2.40. The monoisotopic (exact) mass is 277 g/mol. The normalized spacial score (nSPS) is 12.4. The predicted molar refractivity (Wildman–Crippen MR) is 78.8 cm³/mol. The maximum Gasteiger partial charge on any atom is 0.141 e. The molecule has 0 amide bonds. The van der Waals surface area contributed by atoms with Gasteiger partial charge in [-0.3, -0.25) is 0 Å². The molecule has 0 spiro atoms. The summed E-state index contributed by atoms with van der Waals surface area (Å²) in [6, 6.07) is 13.2. The molecule has 2 N–H and O–H groups in total. The van der Waals surface area contributed by atoms with Gasteiger partial charge in [0.25, 0.3) is 0 Å². The summed E-state index contributed by atoms with van der Waals surface area (Å²) in [5, 5.41) is 0.151. The fourth-order valence-electron chi connectivity index (χ4n) is 1.93. The Balaban J connectivity index is 2.15. The summed E-state index contributed by atoms with van der Waals surface area (Å²) in [5.74, 6) is -0.390. The summed E-state index contributed by atoms with van der Waals surface area (Å²) < 4.78 is 13.1.